The van der Waals surface area contributed by atoms with E-state index in [0.29, 0.717) is 6.04 Å². The van der Waals surface area contributed by atoms with Crippen LogP contribution in [0.2, 0.25) is 0 Å². The lowest BCUT2D eigenvalue weighted by molar-refractivity contribution is -0.145. The number of carboxylic acids is 1. The Morgan fingerprint density at radius 1 is 1.19 bits per heavy atom. The van der Waals surface area contributed by atoms with Crippen LogP contribution >= 0.6 is 0 Å². The molecule has 1 aromatic carbocycles. The molecule has 1 saturated carbocycles. The molecule has 0 bridgehead atoms. The van der Waals surface area contributed by atoms with Gasteiger partial charge in [-0.1, -0.05) is 56.9 Å². The van der Waals surface area contributed by atoms with E-state index in [1.54, 1.807) is 6.92 Å². The second kappa shape index (κ2) is 7.08. The van der Waals surface area contributed by atoms with Crippen molar-refractivity contribution in [1.29, 1.82) is 0 Å². The number of carboxylic acid groups (broad SMARTS) is 1. The standard InChI is InChI=1S/C18H27NO2/c1-3-14-10-12-15(13-11-14)18(2,17(20)21)19-16-8-6-4-5-7-9-16/h10-13,16,19H,3-9H2,1-2H3,(H,20,21). The Morgan fingerprint density at radius 3 is 2.24 bits per heavy atom. The van der Waals surface area contributed by atoms with E-state index in [-0.39, 0.29) is 0 Å². The van der Waals surface area contributed by atoms with Gasteiger partial charge in [-0.05, 0) is 37.3 Å². The number of hydrogen-bond donors (Lipinski definition) is 2. The number of aliphatic carboxylic acids is 1. The average molecular weight is 289 g/mol. The zero-order valence-corrected chi connectivity index (χ0v) is 13.2. The highest BCUT2D eigenvalue weighted by molar-refractivity contribution is 5.80. The minimum absolute atomic E-state index is 0.305. The molecule has 3 nitrogen and oxygen atoms in total. The maximum Gasteiger partial charge on any atom is 0.328 e. The van der Waals surface area contributed by atoms with E-state index in [1.807, 2.05) is 24.3 Å². The molecule has 1 aliphatic carbocycles. The number of hydrogen-bond acceptors (Lipinski definition) is 2. The summed E-state index contributed by atoms with van der Waals surface area (Å²) in [6, 6.07) is 8.28. The Kier molecular flexibility index (Phi) is 5.40. The molecule has 1 fully saturated rings. The van der Waals surface area contributed by atoms with Crippen LogP contribution in [0.5, 0.6) is 0 Å². The molecule has 0 radical (unpaired) electrons. The molecule has 2 rings (SSSR count). The van der Waals surface area contributed by atoms with Gasteiger partial charge >= 0.3 is 5.97 Å². The van der Waals surface area contributed by atoms with Crippen molar-refractivity contribution >= 4 is 5.97 Å². The summed E-state index contributed by atoms with van der Waals surface area (Å²) in [6.45, 7) is 3.90. The first-order chi connectivity index (χ1) is 10.1. The summed E-state index contributed by atoms with van der Waals surface area (Å²) in [5, 5.41) is 13.2. The summed E-state index contributed by atoms with van der Waals surface area (Å²) in [5.41, 5.74) is 1.08. The second-order valence-corrected chi connectivity index (χ2v) is 6.31. The molecule has 21 heavy (non-hydrogen) atoms. The van der Waals surface area contributed by atoms with Crippen LogP contribution in [0.1, 0.15) is 63.5 Å². The van der Waals surface area contributed by atoms with Gasteiger partial charge in [-0.3, -0.25) is 5.32 Å². The van der Waals surface area contributed by atoms with Crippen LogP contribution in [0.4, 0.5) is 0 Å². The van der Waals surface area contributed by atoms with E-state index in [1.165, 1.54) is 31.2 Å². The van der Waals surface area contributed by atoms with Crippen molar-refractivity contribution in [2.45, 2.75) is 70.4 Å². The Morgan fingerprint density at radius 2 is 1.76 bits per heavy atom. The molecular weight excluding hydrogens is 262 g/mol. The number of benzene rings is 1. The summed E-state index contributed by atoms with van der Waals surface area (Å²) in [7, 11) is 0. The molecule has 3 heteroatoms. The molecule has 1 aliphatic rings. The van der Waals surface area contributed by atoms with Gasteiger partial charge in [0.05, 0.1) is 0 Å². The molecule has 0 saturated heterocycles. The van der Waals surface area contributed by atoms with Gasteiger partial charge in [0.2, 0.25) is 0 Å². The summed E-state index contributed by atoms with van der Waals surface area (Å²) >= 11 is 0. The summed E-state index contributed by atoms with van der Waals surface area (Å²) in [4.78, 5) is 11.9. The van der Waals surface area contributed by atoms with Gasteiger partial charge in [0, 0.05) is 6.04 Å². The molecule has 1 aromatic rings. The lowest BCUT2D eigenvalue weighted by Crippen LogP contribution is -2.51. The topological polar surface area (TPSA) is 49.3 Å². The lowest BCUT2D eigenvalue weighted by atomic mass is 9.89. The normalized spacial score (nSPS) is 19.7. The number of nitrogens with one attached hydrogen (secondary N) is 1. The fraction of sp³-hybridized carbons (Fsp3) is 0.611. The van der Waals surface area contributed by atoms with Crippen molar-refractivity contribution in [3.8, 4) is 0 Å². The summed E-state index contributed by atoms with van der Waals surface area (Å²) in [5.74, 6) is -0.795. The van der Waals surface area contributed by atoms with Crippen LogP contribution in [-0.2, 0) is 16.8 Å². The van der Waals surface area contributed by atoms with Crippen molar-refractivity contribution in [3.63, 3.8) is 0 Å². The Balaban J connectivity index is 2.19. The third-order valence-corrected chi connectivity index (χ3v) is 4.72. The van der Waals surface area contributed by atoms with E-state index in [0.717, 1.165) is 24.8 Å². The summed E-state index contributed by atoms with van der Waals surface area (Å²) in [6.07, 6.45) is 8.07. The van der Waals surface area contributed by atoms with Crippen molar-refractivity contribution in [2.75, 3.05) is 0 Å². The quantitative estimate of drug-likeness (QED) is 0.809. The molecule has 2 N–H and O–H groups in total. The molecule has 0 heterocycles. The Hall–Kier alpha value is -1.35. The monoisotopic (exact) mass is 289 g/mol. The highest BCUT2D eigenvalue weighted by atomic mass is 16.4. The fourth-order valence-electron chi connectivity index (χ4n) is 3.17. The predicted molar refractivity (Wildman–Crippen MR) is 85.4 cm³/mol. The first kappa shape index (κ1) is 16.0. The summed E-state index contributed by atoms with van der Waals surface area (Å²) < 4.78 is 0. The van der Waals surface area contributed by atoms with Crippen molar-refractivity contribution in [1.82, 2.24) is 5.32 Å². The van der Waals surface area contributed by atoms with Gasteiger partial charge in [0.15, 0.2) is 0 Å². The van der Waals surface area contributed by atoms with Crippen LogP contribution in [0, 0.1) is 0 Å². The van der Waals surface area contributed by atoms with E-state index in [9.17, 15) is 9.90 Å². The van der Waals surface area contributed by atoms with Crippen LogP contribution < -0.4 is 5.32 Å². The van der Waals surface area contributed by atoms with Gasteiger partial charge in [-0.25, -0.2) is 4.79 Å². The average Bonchev–Trinajstić information content (AvgIpc) is 2.75. The third kappa shape index (κ3) is 3.85. The molecule has 1 atom stereocenters. The van der Waals surface area contributed by atoms with Gasteiger partial charge in [-0.2, -0.15) is 0 Å². The van der Waals surface area contributed by atoms with Crippen LogP contribution in [0.25, 0.3) is 0 Å². The first-order valence-electron chi connectivity index (χ1n) is 8.16. The SMILES string of the molecule is CCc1ccc(C(C)(NC2CCCCCC2)C(=O)O)cc1. The number of carbonyl (C=O) groups is 1. The molecule has 1 unspecified atom stereocenters. The number of rotatable bonds is 5. The Labute approximate surface area is 127 Å². The molecule has 0 aliphatic heterocycles. The van der Waals surface area contributed by atoms with Crippen molar-refractivity contribution in [3.05, 3.63) is 35.4 Å². The van der Waals surface area contributed by atoms with Crippen molar-refractivity contribution in [2.24, 2.45) is 0 Å². The maximum atomic E-state index is 11.9. The largest absolute Gasteiger partial charge is 0.480 e. The highest BCUT2D eigenvalue weighted by Crippen LogP contribution is 2.26. The third-order valence-electron chi connectivity index (χ3n) is 4.72. The fourth-order valence-corrected chi connectivity index (χ4v) is 3.17. The van der Waals surface area contributed by atoms with E-state index >= 15 is 0 Å². The minimum atomic E-state index is -0.999. The minimum Gasteiger partial charge on any atom is -0.480 e. The predicted octanol–water partition coefficient (Wildman–Crippen LogP) is 3.86. The molecular formula is C18H27NO2. The van der Waals surface area contributed by atoms with Crippen LogP contribution in [0.15, 0.2) is 24.3 Å². The van der Waals surface area contributed by atoms with Gasteiger partial charge in [0.25, 0.3) is 0 Å². The highest BCUT2D eigenvalue weighted by Gasteiger charge is 2.37. The van der Waals surface area contributed by atoms with Crippen LogP contribution in [0.3, 0.4) is 0 Å². The smallest absolute Gasteiger partial charge is 0.328 e. The second-order valence-electron chi connectivity index (χ2n) is 6.31. The van der Waals surface area contributed by atoms with E-state index in [2.05, 4.69) is 12.2 Å². The van der Waals surface area contributed by atoms with E-state index < -0.39 is 11.5 Å². The molecule has 0 spiro atoms. The van der Waals surface area contributed by atoms with Gasteiger partial charge in [-0.15, -0.1) is 0 Å². The number of aryl methyl sites for hydroxylation is 1. The Bertz CT molecular complexity index is 461. The molecule has 0 aromatic heterocycles. The lowest BCUT2D eigenvalue weighted by Gasteiger charge is -2.32. The van der Waals surface area contributed by atoms with E-state index in [4.69, 9.17) is 0 Å². The van der Waals surface area contributed by atoms with Crippen LogP contribution in [-0.4, -0.2) is 17.1 Å². The van der Waals surface area contributed by atoms with Crippen molar-refractivity contribution < 1.29 is 9.90 Å². The molecule has 0 amide bonds. The maximum absolute atomic E-state index is 11.9. The zero-order valence-electron chi connectivity index (χ0n) is 13.2. The van der Waals surface area contributed by atoms with Gasteiger partial charge in [0.1, 0.15) is 5.54 Å². The molecule has 116 valence electrons. The first-order valence-corrected chi connectivity index (χ1v) is 8.16. The zero-order chi connectivity index (χ0) is 15.3. The van der Waals surface area contributed by atoms with Gasteiger partial charge < -0.3 is 5.11 Å².